The molecule has 2 aromatic carbocycles. The van der Waals surface area contributed by atoms with Crippen LogP contribution in [0.2, 0.25) is 5.02 Å². The van der Waals surface area contributed by atoms with Crippen molar-refractivity contribution in [2.45, 2.75) is 6.42 Å². The van der Waals surface area contributed by atoms with Gasteiger partial charge in [-0.25, -0.2) is 9.78 Å². The van der Waals surface area contributed by atoms with Crippen LogP contribution in [-0.4, -0.2) is 27.8 Å². The number of carbonyl (C=O) groups is 3. The van der Waals surface area contributed by atoms with E-state index in [0.717, 1.165) is 5.56 Å². The van der Waals surface area contributed by atoms with Gasteiger partial charge in [0.2, 0.25) is 0 Å². The van der Waals surface area contributed by atoms with Crippen molar-refractivity contribution in [1.82, 2.24) is 10.0 Å². The van der Waals surface area contributed by atoms with Crippen molar-refractivity contribution in [1.29, 1.82) is 0 Å². The Kier molecular flexibility index (Phi) is 4.47. The van der Waals surface area contributed by atoms with Crippen LogP contribution in [0.4, 0.5) is 0 Å². The number of hydroxylamine groups is 2. The van der Waals surface area contributed by atoms with Gasteiger partial charge in [-0.2, -0.15) is 0 Å². The number of carbonyl (C=O) groups excluding carboxylic acids is 3. The number of fused-ring (bicyclic) bond motifs is 1. The highest BCUT2D eigenvalue weighted by atomic mass is 35.5. The Morgan fingerprint density at radius 2 is 1.78 bits per heavy atom. The second kappa shape index (κ2) is 6.94. The van der Waals surface area contributed by atoms with E-state index in [2.05, 4.69) is 4.98 Å². The lowest BCUT2D eigenvalue weighted by atomic mass is 10.1. The molecular formula is C19H11ClN2O4S. The normalized spacial score (nSPS) is 13.0. The molecule has 1 aliphatic heterocycles. The molecule has 1 aromatic heterocycles. The molecular weight excluding hydrogens is 388 g/mol. The van der Waals surface area contributed by atoms with Gasteiger partial charge in [0.25, 0.3) is 11.8 Å². The summed E-state index contributed by atoms with van der Waals surface area (Å²) in [5, 5.41) is 3.52. The summed E-state index contributed by atoms with van der Waals surface area (Å²) in [6, 6.07) is 13.5. The Balaban J connectivity index is 1.45. The Hall–Kier alpha value is -3.03. The molecule has 0 radical (unpaired) electrons. The second-order valence-corrected chi connectivity index (χ2v) is 7.04. The smallest absolute Gasteiger partial charge is 0.329 e. The first-order valence-electron chi connectivity index (χ1n) is 7.92. The molecule has 134 valence electrons. The van der Waals surface area contributed by atoms with E-state index in [9.17, 15) is 14.4 Å². The summed E-state index contributed by atoms with van der Waals surface area (Å²) in [4.78, 5) is 46.0. The van der Waals surface area contributed by atoms with Gasteiger partial charge in [-0.05, 0) is 24.3 Å². The van der Waals surface area contributed by atoms with Gasteiger partial charge in [0.15, 0.2) is 0 Å². The molecule has 0 N–H and O–H groups in total. The van der Waals surface area contributed by atoms with Crippen LogP contribution in [0.3, 0.4) is 0 Å². The fourth-order valence-electron chi connectivity index (χ4n) is 2.67. The number of imide groups is 1. The predicted molar refractivity (Wildman–Crippen MR) is 99.3 cm³/mol. The number of thiazole rings is 1. The monoisotopic (exact) mass is 398 g/mol. The fraction of sp³-hybridized carbons (Fsp3) is 0.0526. The number of nitrogens with zero attached hydrogens (tertiary/aromatic N) is 2. The van der Waals surface area contributed by atoms with Crippen LogP contribution in [-0.2, 0) is 16.1 Å². The highest BCUT2D eigenvalue weighted by molar-refractivity contribution is 7.13. The first kappa shape index (κ1) is 17.4. The summed E-state index contributed by atoms with van der Waals surface area (Å²) >= 11 is 7.34. The van der Waals surface area contributed by atoms with Crippen LogP contribution in [0.25, 0.3) is 10.6 Å². The lowest BCUT2D eigenvalue weighted by Gasteiger charge is -2.12. The van der Waals surface area contributed by atoms with Crippen molar-refractivity contribution >= 4 is 40.7 Å². The summed E-state index contributed by atoms with van der Waals surface area (Å²) in [5.41, 5.74) is 1.75. The van der Waals surface area contributed by atoms with Crippen molar-refractivity contribution in [3.05, 3.63) is 75.8 Å². The van der Waals surface area contributed by atoms with E-state index < -0.39 is 17.8 Å². The molecule has 6 nitrogen and oxygen atoms in total. The molecule has 2 amide bonds. The minimum atomic E-state index is -0.743. The zero-order valence-corrected chi connectivity index (χ0v) is 15.3. The number of hydrogen-bond donors (Lipinski definition) is 0. The van der Waals surface area contributed by atoms with Gasteiger partial charge in [0, 0.05) is 16.0 Å². The minimum absolute atomic E-state index is 0.162. The maximum absolute atomic E-state index is 12.2. The van der Waals surface area contributed by atoms with Crippen LogP contribution in [0, 0.1) is 0 Å². The number of hydrogen-bond acceptors (Lipinski definition) is 6. The van der Waals surface area contributed by atoms with Crippen LogP contribution in [0.15, 0.2) is 53.9 Å². The van der Waals surface area contributed by atoms with E-state index in [1.807, 2.05) is 12.1 Å². The zero-order chi connectivity index (χ0) is 19.0. The number of amides is 2. The Bertz CT molecular complexity index is 1040. The number of rotatable bonds is 4. The molecule has 0 saturated heterocycles. The fourth-order valence-corrected chi connectivity index (χ4v) is 3.68. The lowest BCUT2D eigenvalue weighted by molar-refractivity contribution is -0.167. The van der Waals surface area contributed by atoms with Crippen LogP contribution in [0.5, 0.6) is 0 Å². The topological polar surface area (TPSA) is 76.6 Å². The van der Waals surface area contributed by atoms with E-state index in [4.69, 9.17) is 16.4 Å². The van der Waals surface area contributed by atoms with E-state index >= 15 is 0 Å². The predicted octanol–water partition coefficient (Wildman–Crippen LogP) is 3.76. The highest BCUT2D eigenvalue weighted by Crippen LogP contribution is 2.27. The Morgan fingerprint density at radius 3 is 2.44 bits per heavy atom. The standard InChI is InChI=1S/C19H11ClN2O4S/c20-12-5-3-4-11(8-12)17-21-13(10-27-17)9-16(23)26-22-18(24)14-6-1-2-7-15(14)19(22)25/h1-8,10H,9H2. The molecule has 8 heteroatoms. The minimum Gasteiger partial charge on any atom is -0.329 e. The van der Waals surface area contributed by atoms with Gasteiger partial charge < -0.3 is 4.84 Å². The summed E-state index contributed by atoms with van der Waals surface area (Å²) in [5.74, 6) is -2.05. The van der Waals surface area contributed by atoms with Gasteiger partial charge >= 0.3 is 5.97 Å². The third kappa shape index (κ3) is 3.34. The van der Waals surface area contributed by atoms with Crippen molar-refractivity contribution < 1.29 is 19.2 Å². The van der Waals surface area contributed by atoms with Gasteiger partial charge in [-0.3, -0.25) is 9.59 Å². The van der Waals surface area contributed by atoms with E-state index in [1.165, 1.54) is 23.5 Å². The summed E-state index contributed by atoms with van der Waals surface area (Å²) in [6.45, 7) is 0. The molecule has 0 aliphatic carbocycles. The molecule has 0 saturated carbocycles. The van der Waals surface area contributed by atoms with Gasteiger partial charge in [0.1, 0.15) is 5.01 Å². The zero-order valence-electron chi connectivity index (χ0n) is 13.7. The Labute approximate surface area is 162 Å². The molecule has 0 spiro atoms. The average molecular weight is 399 g/mol. The Morgan fingerprint density at radius 1 is 1.07 bits per heavy atom. The molecule has 0 bridgehead atoms. The first-order valence-corrected chi connectivity index (χ1v) is 9.17. The number of halogens is 1. The summed E-state index contributed by atoms with van der Waals surface area (Å²) in [7, 11) is 0. The van der Waals surface area contributed by atoms with Gasteiger partial charge in [-0.1, -0.05) is 40.9 Å². The SMILES string of the molecule is O=C(Cc1csc(-c2cccc(Cl)c2)n1)ON1C(=O)c2ccccc2C1=O. The van der Waals surface area contributed by atoms with Crippen molar-refractivity contribution in [3.63, 3.8) is 0 Å². The van der Waals surface area contributed by atoms with Gasteiger partial charge in [0.05, 0.1) is 23.2 Å². The third-order valence-corrected chi connectivity index (χ3v) is 5.07. The van der Waals surface area contributed by atoms with Crippen molar-refractivity contribution in [3.8, 4) is 10.6 Å². The van der Waals surface area contributed by atoms with E-state index in [0.29, 0.717) is 20.8 Å². The van der Waals surface area contributed by atoms with Gasteiger partial charge in [-0.15, -0.1) is 11.3 Å². The molecule has 3 aromatic rings. The third-order valence-electron chi connectivity index (χ3n) is 3.90. The molecule has 4 rings (SSSR count). The van der Waals surface area contributed by atoms with Crippen LogP contribution < -0.4 is 0 Å². The quantitative estimate of drug-likeness (QED) is 0.625. The molecule has 0 atom stereocenters. The molecule has 2 heterocycles. The first-order chi connectivity index (χ1) is 13.0. The maximum Gasteiger partial charge on any atom is 0.339 e. The molecule has 27 heavy (non-hydrogen) atoms. The maximum atomic E-state index is 12.2. The number of aromatic nitrogens is 1. The summed E-state index contributed by atoms with van der Waals surface area (Å²) < 4.78 is 0. The number of benzene rings is 2. The average Bonchev–Trinajstić information content (AvgIpc) is 3.21. The van der Waals surface area contributed by atoms with Crippen molar-refractivity contribution in [2.24, 2.45) is 0 Å². The molecule has 0 unspecified atom stereocenters. The summed E-state index contributed by atoms with van der Waals surface area (Å²) in [6.07, 6.45) is -0.162. The molecule has 1 aliphatic rings. The lowest BCUT2D eigenvalue weighted by Crippen LogP contribution is -2.33. The largest absolute Gasteiger partial charge is 0.339 e. The molecule has 0 fully saturated rings. The second-order valence-electron chi connectivity index (χ2n) is 5.74. The van der Waals surface area contributed by atoms with Crippen LogP contribution in [0.1, 0.15) is 26.4 Å². The van der Waals surface area contributed by atoms with Crippen molar-refractivity contribution in [2.75, 3.05) is 0 Å². The highest BCUT2D eigenvalue weighted by Gasteiger charge is 2.38. The van der Waals surface area contributed by atoms with E-state index in [1.54, 1.807) is 29.6 Å². The van der Waals surface area contributed by atoms with Crippen LogP contribution >= 0.6 is 22.9 Å². The van der Waals surface area contributed by atoms with E-state index in [-0.39, 0.29) is 17.5 Å².